The molecule has 1 aromatic heterocycles. The average molecular weight is 460 g/mol. The molecule has 0 radical (unpaired) electrons. The van der Waals surface area contributed by atoms with Gasteiger partial charge in [-0.2, -0.15) is 0 Å². The Morgan fingerprint density at radius 1 is 1.23 bits per heavy atom. The molecule has 2 heterocycles. The fraction of sp³-hybridized carbons (Fsp3) is 0.364. The summed E-state index contributed by atoms with van der Waals surface area (Å²) in [5.74, 6) is 0.848. The number of sulfone groups is 1. The molecule has 9 heteroatoms. The van der Waals surface area contributed by atoms with Crippen molar-refractivity contribution < 1.29 is 17.9 Å². The van der Waals surface area contributed by atoms with Gasteiger partial charge in [0, 0.05) is 18.8 Å². The van der Waals surface area contributed by atoms with Crippen LogP contribution in [0, 0.1) is 0 Å². The fourth-order valence-electron chi connectivity index (χ4n) is 3.82. The maximum Gasteiger partial charge on any atom is 0.235 e. The van der Waals surface area contributed by atoms with Gasteiger partial charge in [0.25, 0.3) is 0 Å². The van der Waals surface area contributed by atoms with E-state index in [0.29, 0.717) is 11.6 Å². The number of hydrogen-bond donors (Lipinski definition) is 0. The Hall–Kier alpha value is -2.52. The first kappa shape index (κ1) is 21.7. The van der Waals surface area contributed by atoms with Crippen LogP contribution in [0.2, 0.25) is 0 Å². The van der Waals surface area contributed by atoms with Crippen molar-refractivity contribution in [3.05, 3.63) is 48.5 Å². The molecule has 0 aliphatic carbocycles. The van der Waals surface area contributed by atoms with Crippen molar-refractivity contribution in [3.63, 3.8) is 0 Å². The number of amides is 1. The molecule has 1 aliphatic rings. The molecule has 0 N–H and O–H groups in total. The number of methoxy groups -OCH3 is 1. The van der Waals surface area contributed by atoms with Crippen molar-refractivity contribution in [2.75, 3.05) is 25.7 Å². The Balaban J connectivity index is 1.62. The minimum Gasteiger partial charge on any atom is -0.497 e. The molecule has 7 nitrogen and oxygen atoms in total. The van der Waals surface area contributed by atoms with E-state index < -0.39 is 15.1 Å². The normalized spacial score (nSPS) is 18.7. The summed E-state index contributed by atoms with van der Waals surface area (Å²) in [7, 11) is 0.267. The summed E-state index contributed by atoms with van der Waals surface area (Å²) in [6.07, 6.45) is 0.492. The maximum atomic E-state index is 13.0. The molecule has 1 saturated heterocycles. The highest BCUT2D eigenvalue weighted by Crippen LogP contribution is 2.32. The van der Waals surface area contributed by atoms with Crippen molar-refractivity contribution in [2.45, 2.75) is 29.8 Å². The lowest BCUT2D eigenvalue weighted by Gasteiger charge is -2.26. The van der Waals surface area contributed by atoms with Crippen LogP contribution in [0.3, 0.4) is 0 Å². The Labute approximate surface area is 186 Å². The number of carbonyl (C=O) groups is 1. The molecule has 0 spiro atoms. The van der Waals surface area contributed by atoms with Gasteiger partial charge in [-0.1, -0.05) is 23.9 Å². The number of para-hydroxylation sites is 2. The van der Waals surface area contributed by atoms with Crippen LogP contribution >= 0.6 is 11.8 Å². The third kappa shape index (κ3) is 4.43. The molecule has 1 fully saturated rings. The molecule has 1 aliphatic heterocycles. The number of rotatable bonds is 6. The van der Waals surface area contributed by atoms with E-state index in [1.165, 1.54) is 11.8 Å². The monoisotopic (exact) mass is 459 g/mol. The Bertz CT molecular complexity index is 1210. The molecule has 2 aromatic carbocycles. The summed E-state index contributed by atoms with van der Waals surface area (Å²) in [5, 5.41) is 0.293. The number of ether oxygens (including phenoxy) is 1. The van der Waals surface area contributed by atoms with Crippen LogP contribution in [0.1, 0.15) is 13.3 Å². The molecule has 0 bridgehead atoms. The number of imidazole rings is 1. The van der Waals surface area contributed by atoms with E-state index in [1.54, 1.807) is 19.1 Å². The van der Waals surface area contributed by atoms with E-state index >= 15 is 0 Å². The Kier molecular flexibility index (Phi) is 5.98. The molecule has 1 amide bonds. The zero-order chi connectivity index (χ0) is 22.2. The number of fused-ring (bicyclic) bond motifs is 1. The molecular formula is C22H25N3O4S2. The molecule has 31 heavy (non-hydrogen) atoms. The standard InChI is InChI=1S/C22H25N3O4S2/c1-15(21(26)24(2)17-12-13-31(27,28)14-17)30-22-23-19-6-4-5-7-20(19)25(22)16-8-10-18(29-3)11-9-16/h4-11,15,17H,12-14H2,1-3H3. The molecule has 2 unspecified atom stereocenters. The van der Waals surface area contributed by atoms with Gasteiger partial charge in [-0.05, 0) is 49.7 Å². The van der Waals surface area contributed by atoms with Gasteiger partial charge < -0.3 is 9.64 Å². The van der Waals surface area contributed by atoms with Gasteiger partial charge >= 0.3 is 0 Å². The third-order valence-corrected chi connectivity index (χ3v) is 8.38. The first-order chi connectivity index (χ1) is 14.8. The summed E-state index contributed by atoms with van der Waals surface area (Å²) in [5.41, 5.74) is 2.72. The number of carbonyl (C=O) groups excluding carboxylic acids is 1. The third-order valence-electron chi connectivity index (χ3n) is 5.59. The Morgan fingerprint density at radius 2 is 1.94 bits per heavy atom. The zero-order valence-electron chi connectivity index (χ0n) is 17.7. The minimum atomic E-state index is -3.05. The van der Waals surface area contributed by atoms with Gasteiger partial charge in [0.1, 0.15) is 5.75 Å². The smallest absolute Gasteiger partial charge is 0.235 e. The fourth-order valence-corrected chi connectivity index (χ4v) is 6.64. The predicted octanol–water partition coefficient (Wildman–Crippen LogP) is 3.16. The van der Waals surface area contributed by atoms with Gasteiger partial charge in [-0.15, -0.1) is 0 Å². The van der Waals surface area contributed by atoms with Crippen LogP contribution in [-0.4, -0.2) is 65.7 Å². The zero-order valence-corrected chi connectivity index (χ0v) is 19.3. The van der Waals surface area contributed by atoms with Crippen molar-refractivity contribution in [1.82, 2.24) is 14.5 Å². The number of benzene rings is 2. The lowest BCUT2D eigenvalue weighted by atomic mass is 10.2. The number of aromatic nitrogens is 2. The van der Waals surface area contributed by atoms with E-state index in [4.69, 9.17) is 9.72 Å². The predicted molar refractivity (Wildman–Crippen MR) is 123 cm³/mol. The van der Waals surface area contributed by atoms with E-state index in [1.807, 2.05) is 60.0 Å². The summed E-state index contributed by atoms with van der Waals surface area (Å²) >= 11 is 1.38. The van der Waals surface area contributed by atoms with Gasteiger partial charge in [-0.25, -0.2) is 13.4 Å². The number of thioether (sulfide) groups is 1. The van der Waals surface area contributed by atoms with Crippen LogP contribution < -0.4 is 4.74 Å². The number of nitrogens with zero attached hydrogens (tertiary/aromatic N) is 3. The van der Waals surface area contributed by atoms with E-state index in [9.17, 15) is 13.2 Å². The molecule has 0 saturated carbocycles. The molecular weight excluding hydrogens is 434 g/mol. The van der Waals surface area contributed by atoms with Crippen molar-refractivity contribution in [1.29, 1.82) is 0 Å². The molecule has 4 rings (SSSR count). The Morgan fingerprint density at radius 3 is 2.58 bits per heavy atom. The quantitative estimate of drug-likeness (QED) is 0.527. The van der Waals surface area contributed by atoms with Gasteiger partial charge in [0.05, 0.1) is 34.9 Å². The summed E-state index contributed by atoms with van der Waals surface area (Å²) in [6.45, 7) is 1.84. The highest BCUT2D eigenvalue weighted by molar-refractivity contribution is 8.00. The average Bonchev–Trinajstić information content (AvgIpc) is 3.31. The minimum absolute atomic E-state index is 0.0387. The van der Waals surface area contributed by atoms with Gasteiger partial charge in [-0.3, -0.25) is 9.36 Å². The van der Waals surface area contributed by atoms with Crippen LogP contribution in [0.4, 0.5) is 0 Å². The molecule has 164 valence electrons. The van der Waals surface area contributed by atoms with E-state index in [0.717, 1.165) is 22.5 Å². The van der Waals surface area contributed by atoms with Crippen molar-refractivity contribution in [3.8, 4) is 11.4 Å². The molecule has 3 aromatic rings. The lowest BCUT2D eigenvalue weighted by molar-refractivity contribution is -0.130. The van der Waals surface area contributed by atoms with E-state index in [2.05, 4.69) is 0 Å². The summed E-state index contributed by atoms with van der Waals surface area (Å²) < 4.78 is 30.9. The van der Waals surface area contributed by atoms with Crippen LogP contribution in [-0.2, 0) is 14.6 Å². The van der Waals surface area contributed by atoms with Crippen LogP contribution in [0.15, 0.2) is 53.7 Å². The van der Waals surface area contributed by atoms with Gasteiger partial charge in [0.2, 0.25) is 5.91 Å². The largest absolute Gasteiger partial charge is 0.497 e. The highest BCUT2D eigenvalue weighted by atomic mass is 32.2. The second-order valence-corrected chi connectivity index (χ2v) is 11.2. The maximum absolute atomic E-state index is 13.0. The first-order valence-electron chi connectivity index (χ1n) is 10.0. The van der Waals surface area contributed by atoms with Crippen LogP contribution in [0.25, 0.3) is 16.7 Å². The summed E-state index contributed by atoms with van der Waals surface area (Å²) in [6, 6.07) is 15.3. The van der Waals surface area contributed by atoms with Crippen LogP contribution in [0.5, 0.6) is 5.75 Å². The second kappa shape index (κ2) is 8.55. The van der Waals surface area contributed by atoms with Crippen molar-refractivity contribution in [2.24, 2.45) is 0 Å². The lowest BCUT2D eigenvalue weighted by Crippen LogP contribution is -2.41. The highest BCUT2D eigenvalue weighted by Gasteiger charge is 2.34. The first-order valence-corrected chi connectivity index (χ1v) is 12.7. The molecule has 2 atom stereocenters. The van der Waals surface area contributed by atoms with Gasteiger partial charge in [0.15, 0.2) is 15.0 Å². The van der Waals surface area contributed by atoms with Crippen molar-refractivity contribution >= 4 is 38.5 Å². The van der Waals surface area contributed by atoms with E-state index in [-0.39, 0.29) is 23.5 Å². The summed E-state index contributed by atoms with van der Waals surface area (Å²) in [4.78, 5) is 19.4. The second-order valence-electron chi connectivity index (χ2n) is 7.68. The SMILES string of the molecule is COc1ccc(-n2c(SC(C)C(=O)N(C)C3CCS(=O)(=O)C3)nc3ccccc32)cc1. The number of hydrogen-bond acceptors (Lipinski definition) is 6. The topological polar surface area (TPSA) is 81.5 Å².